The molecule has 67 heavy (non-hydrogen) atoms. The van der Waals surface area contributed by atoms with Gasteiger partial charge in [0.05, 0.1) is 5.69 Å². The summed E-state index contributed by atoms with van der Waals surface area (Å²) in [7, 11) is -4.66. The Morgan fingerprint density at radius 1 is 0.642 bits per heavy atom. The van der Waals surface area contributed by atoms with Gasteiger partial charge < -0.3 is 47.8 Å². The van der Waals surface area contributed by atoms with Crippen molar-refractivity contribution in [2.75, 3.05) is 28.4 Å². The van der Waals surface area contributed by atoms with Crippen LogP contribution in [-0.2, 0) is 31.0 Å². The number of oxazole rings is 2. The molecule has 0 aliphatic heterocycles. The molecule has 0 bridgehead atoms. The Labute approximate surface area is 386 Å². The van der Waals surface area contributed by atoms with E-state index in [1.165, 1.54) is 30.3 Å². The van der Waals surface area contributed by atoms with E-state index >= 15 is 0 Å². The minimum absolute atomic E-state index is 0.0155. The first kappa shape index (κ1) is 47.8. The van der Waals surface area contributed by atoms with Crippen molar-refractivity contribution < 1.29 is 59.2 Å². The number of unbranched alkanes of at least 4 members (excludes halogenated alkanes) is 4. The monoisotopic (exact) mass is 976 g/mol. The van der Waals surface area contributed by atoms with E-state index in [1.807, 2.05) is 12.1 Å². The zero-order valence-corrected chi connectivity index (χ0v) is 37.3. The van der Waals surface area contributed by atoms with Gasteiger partial charge in [0, 0.05) is 76.5 Å². The number of rotatable bonds is 19. The first-order valence-electron chi connectivity index (χ1n) is 20.4. The molecule has 0 amide bonds. The number of fused-ring (bicyclic) bond motifs is 4. The second kappa shape index (κ2) is 21.0. The molecule has 0 aliphatic rings. The maximum Gasteiger partial charge on any atom is 0.349 e. The van der Waals surface area contributed by atoms with Crippen LogP contribution in [-0.4, -0.2) is 66.9 Å². The summed E-state index contributed by atoms with van der Waals surface area (Å²) in [5, 5.41) is 24.9. The third-order valence-corrected chi connectivity index (χ3v) is 11.6. The number of carbonyl (C=O) groups is 2. The third kappa shape index (κ3) is 12.4. The molecule has 350 valence electrons. The van der Waals surface area contributed by atoms with Crippen LogP contribution in [0, 0.1) is 0 Å². The van der Waals surface area contributed by atoms with E-state index < -0.39 is 49.5 Å². The fraction of sp³-hybridized carbons (Fsp3) is 0.227. The van der Waals surface area contributed by atoms with Crippen molar-refractivity contribution in [3.8, 4) is 22.9 Å². The van der Waals surface area contributed by atoms with Crippen LogP contribution in [0.2, 0.25) is 5.02 Å². The van der Waals surface area contributed by atoms with Crippen LogP contribution in [0.4, 0.5) is 17.1 Å². The van der Waals surface area contributed by atoms with Gasteiger partial charge in [0.2, 0.25) is 11.8 Å². The number of nitrogens with one attached hydrogen (secondary N) is 3. The van der Waals surface area contributed by atoms with Crippen molar-refractivity contribution in [1.29, 1.82) is 0 Å². The fourth-order valence-corrected chi connectivity index (χ4v) is 8.02. The summed E-state index contributed by atoms with van der Waals surface area (Å²) in [6.07, 6.45) is 4.16. The molecule has 4 heterocycles. The molecule has 23 heteroatoms. The van der Waals surface area contributed by atoms with Crippen LogP contribution in [0.15, 0.2) is 111 Å². The highest BCUT2D eigenvalue weighted by molar-refractivity contribution is 7.86. The van der Waals surface area contributed by atoms with Crippen molar-refractivity contribution in [3.63, 3.8) is 0 Å². The molecule has 1 unspecified atom stereocenters. The Kier molecular flexibility index (Phi) is 15.0. The highest BCUT2D eigenvalue weighted by atomic mass is 35.5. The molecule has 0 radical (unpaired) electrons. The number of benzene rings is 4. The number of nitrogens with zero attached hydrogens (tertiary/aromatic N) is 2. The van der Waals surface area contributed by atoms with E-state index in [4.69, 9.17) is 39.5 Å². The van der Waals surface area contributed by atoms with Crippen LogP contribution < -0.4 is 26.6 Å². The maximum absolute atomic E-state index is 12.7. The van der Waals surface area contributed by atoms with E-state index in [0.717, 1.165) is 30.0 Å². The average Bonchev–Trinajstić information content (AvgIpc) is 3.88. The minimum atomic E-state index is -4.66. The fourth-order valence-electron chi connectivity index (χ4n) is 6.85. The van der Waals surface area contributed by atoms with E-state index in [1.54, 1.807) is 30.3 Å². The summed E-state index contributed by atoms with van der Waals surface area (Å²) < 4.78 is 79.8. The number of hydrogen-bond donors (Lipinski definition) is 6. The Morgan fingerprint density at radius 2 is 1.19 bits per heavy atom. The standard InChI is InChI=1S/C22H19ClN2O5.C22H21N3O10S2/c23-14-6-8-18-17(11-14)25-21(29-18)16-10-13-5-7-15(12-19(13)30-22(16)28)24-9-3-1-2-4-20(26)27;26-20(27)4-2-1-3-7-23-16-11-18-12(9-19(16)37(31,32)33)8-14(22(28)35-18)21-24-15-10-13(25-36(29)30)5-6-17(15)34-21/h5-8,10-12,24H,1-4,9H2,(H,26,27);5-6,8-11,23,25H,1-4,7H2,(H,26,27)(H,29,30)(H,31,32,33)/p-1. The molecule has 20 nitrogen and oxygen atoms in total. The van der Waals surface area contributed by atoms with Crippen molar-refractivity contribution in [2.45, 2.75) is 56.3 Å². The van der Waals surface area contributed by atoms with Crippen molar-refractivity contribution in [1.82, 2.24) is 9.97 Å². The second-order valence-electron chi connectivity index (χ2n) is 14.9. The van der Waals surface area contributed by atoms with Gasteiger partial charge in [-0.25, -0.2) is 19.6 Å². The number of aromatic nitrogens is 2. The summed E-state index contributed by atoms with van der Waals surface area (Å²) in [5.74, 6) is -1.62. The van der Waals surface area contributed by atoms with E-state index in [-0.39, 0.29) is 75.7 Å². The second-order valence-corrected chi connectivity index (χ2v) is 17.4. The Bertz CT molecular complexity index is 3400. The van der Waals surface area contributed by atoms with E-state index in [2.05, 4.69) is 25.3 Å². The quantitative estimate of drug-likeness (QED) is 0.0192. The molecular formula is C44H39ClN5O15S2-. The molecular weight excluding hydrogens is 938 g/mol. The summed E-state index contributed by atoms with van der Waals surface area (Å²) in [5.41, 5.74) is 1.96. The van der Waals surface area contributed by atoms with E-state index in [9.17, 15) is 40.9 Å². The van der Waals surface area contributed by atoms with Gasteiger partial charge in [-0.2, -0.15) is 8.42 Å². The minimum Gasteiger partial charge on any atom is -0.755 e. The van der Waals surface area contributed by atoms with Crippen LogP contribution in [0.1, 0.15) is 51.4 Å². The first-order chi connectivity index (χ1) is 32.0. The zero-order chi connectivity index (χ0) is 47.8. The number of anilines is 3. The smallest absolute Gasteiger partial charge is 0.349 e. The van der Waals surface area contributed by atoms with Crippen LogP contribution in [0.5, 0.6) is 0 Å². The van der Waals surface area contributed by atoms with E-state index in [0.29, 0.717) is 53.9 Å². The highest BCUT2D eigenvalue weighted by Crippen LogP contribution is 2.32. The molecule has 4 aromatic carbocycles. The van der Waals surface area contributed by atoms with Crippen molar-refractivity contribution in [3.05, 3.63) is 105 Å². The predicted octanol–water partition coefficient (Wildman–Crippen LogP) is 8.42. The predicted molar refractivity (Wildman–Crippen MR) is 248 cm³/mol. The van der Waals surface area contributed by atoms with Gasteiger partial charge in [0.1, 0.15) is 38.2 Å². The largest absolute Gasteiger partial charge is 0.755 e. The van der Waals surface area contributed by atoms with Crippen LogP contribution in [0.3, 0.4) is 0 Å². The van der Waals surface area contributed by atoms with Gasteiger partial charge >= 0.3 is 23.2 Å². The number of carboxylic acids is 2. The average molecular weight is 977 g/mol. The lowest BCUT2D eigenvalue weighted by Crippen LogP contribution is -2.09. The highest BCUT2D eigenvalue weighted by Gasteiger charge is 2.21. The van der Waals surface area contributed by atoms with Crippen LogP contribution in [0.25, 0.3) is 67.0 Å². The zero-order valence-electron chi connectivity index (χ0n) is 34.9. The van der Waals surface area contributed by atoms with Gasteiger partial charge in [0.15, 0.2) is 11.2 Å². The lowest BCUT2D eigenvalue weighted by atomic mass is 10.1. The topological polar surface area (TPSA) is 318 Å². The lowest BCUT2D eigenvalue weighted by molar-refractivity contribution is -0.138. The van der Waals surface area contributed by atoms with Gasteiger partial charge in [-0.1, -0.05) is 24.4 Å². The molecule has 0 spiro atoms. The first-order valence-corrected chi connectivity index (χ1v) is 23.3. The molecule has 8 rings (SSSR count). The van der Waals surface area contributed by atoms with Crippen LogP contribution >= 0.6 is 11.6 Å². The number of halogens is 1. The molecule has 1 atom stereocenters. The lowest BCUT2D eigenvalue weighted by Gasteiger charge is -2.11. The maximum atomic E-state index is 12.7. The van der Waals surface area contributed by atoms with Crippen molar-refractivity contribution >= 4 is 106 Å². The van der Waals surface area contributed by atoms with Crippen molar-refractivity contribution in [2.24, 2.45) is 0 Å². The summed E-state index contributed by atoms with van der Waals surface area (Å²) in [6.45, 7) is 0.995. The summed E-state index contributed by atoms with van der Waals surface area (Å²) >= 11 is 3.44. The SMILES string of the molecule is O=C(O)CCCCCNc1cc2oc(=O)c(-c3nc4cc(NS(=O)[O-])ccc4o3)cc2cc1S(=O)(=O)O.O=C(O)CCCCCNc1ccc2cc(-c3nc4cc(Cl)ccc4o3)c(=O)oc2c1. The summed E-state index contributed by atoms with van der Waals surface area (Å²) in [6, 6.07) is 20.3. The molecule has 0 saturated heterocycles. The summed E-state index contributed by atoms with van der Waals surface area (Å²) in [4.78, 5) is 54.4. The molecule has 8 aromatic rings. The molecule has 0 fully saturated rings. The number of hydrogen-bond acceptors (Lipinski definition) is 16. The normalized spacial score (nSPS) is 12.0. The number of aliphatic carboxylic acids is 2. The van der Waals surface area contributed by atoms with Gasteiger partial charge in [-0.3, -0.25) is 18.4 Å². The number of carboxylic acid groups (broad SMARTS) is 2. The van der Waals surface area contributed by atoms with Gasteiger partial charge in [-0.15, -0.1) is 0 Å². The Morgan fingerprint density at radius 3 is 1.79 bits per heavy atom. The Balaban J connectivity index is 0.000000203. The molecule has 6 N–H and O–H groups in total. The third-order valence-electron chi connectivity index (χ3n) is 10.0. The van der Waals surface area contributed by atoms with Gasteiger partial charge in [0.25, 0.3) is 10.1 Å². The molecule has 0 saturated carbocycles. The molecule has 0 aliphatic carbocycles. The van der Waals surface area contributed by atoms with Gasteiger partial charge in [-0.05, 0) is 92.4 Å². The Hall–Kier alpha value is -7.11. The molecule has 4 aromatic heterocycles.